The molecular formula is C17H20N2O. The molecule has 0 saturated carbocycles. The number of hydrogen-bond acceptors (Lipinski definition) is 2. The van der Waals surface area contributed by atoms with Crippen molar-refractivity contribution >= 4 is 5.91 Å². The van der Waals surface area contributed by atoms with Crippen LogP contribution in [0, 0.1) is 11.3 Å². The zero-order valence-corrected chi connectivity index (χ0v) is 12.2. The molecule has 1 atom stereocenters. The Hall–Kier alpha value is -2.34. The highest BCUT2D eigenvalue weighted by molar-refractivity contribution is 5.88. The van der Waals surface area contributed by atoms with Gasteiger partial charge in [-0.3, -0.25) is 4.79 Å². The van der Waals surface area contributed by atoms with E-state index in [-0.39, 0.29) is 11.9 Å². The van der Waals surface area contributed by atoms with Gasteiger partial charge in [-0.05, 0) is 38.5 Å². The fraction of sp³-hybridized carbons (Fsp3) is 0.294. The summed E-state index contributed by atoms with van der Waals surface area (Å²) in [6.07, 6.45) is 7.03. The molecule has 1 aromatic carbocycles. The van der Waals surface area contributed by atoms with Gasteiger partial charge in [0.25, 0.3) is 0 Å². The number of hydrogen-bond donors (Lipinski definition) is 0. The van der Waals surface area contributed by atoms with Crippen molar-refractivity contribution in [3.8, 4) is 6.07 Å². The second-order valence-corrected chi connectivity index (χ2v) is 4.42. The average molecular weight is 268 g/mol. The maximum Gasteiger partial charge on any atom is 0.247 e. The summed E-state index contributed by atoms with van der Waals surface area (Å²) in [6, 6.07) is 9.43. The topological polar surface area (TPSA) is 44.1 Å². The Balaban J connectivity index is 2.87. The number of benzene rings is 1. The van der Waals surface area contributed by atoms with Crippen LogP contribution in [-0.2, 0) is 4.79 Å². The van der Waals surface area contributed by atoms with E-state index >= 15 is 0 Å². The zero-order chi connectivity index (χ0) is 15.0. The molecule has 0 aliphatic heterocycles. The number of carbonyl (C=O) groups is 1. The van der Waals surface area contributed by atoms with Gasteiger partial charge in [-0.15, -0.1) is 0 Å². The Morgan fingerprint density at radius 1 is 1.35 bits per heavy atom. The quantitative estimate of drug-likeness (QED) is 0.605. The predicted molar refractivity (Wildman–Crippen MR) is 80.9 cm³/mol. The summed E-state index contributed by atoms with van der Waals surface area (Å²) in [6.45, 7) is 6.50. The Kier molecular flexibility index (Phi) is 6.25. The van der Waals surface area contributed by atoms with Gasteiger partial charge in [0.15, 0.2) is 0 Å². The lowest BCUT2D eigenvalue weighted by Gasteiger charge is -2.27. The Morgan fingerprint density at radius 3 is 2.50 bits per heavy atom. The van der Waals surface area contributed by atoms with Gasteiger partial charge in [0.1, 0.15) is 0 Å². The Morgan fingerprint density at radius 2 is 2.00 bits per heavy atom. The lowest BCUT2D eigenvalue weighted by atomic mass is 10.0. The summed E-state index contributed by atoms with van der Waals surface area (Å²) < 4.78 is 0. The molecule has 0 bridgehead atoms. The van der Waals surface area contributed by atoms with Gasteiger partial charge in [-0.25, -0.2) is 0 Å². The molecule has 0 N–H and O–H groups in total. The van der Waals surface area contributed by atoms with E-state index in [0.29, 0.717) is 12.1 Å². The molecule has 3 nitrogen and oxygen atoms in total. The summed E-state index contributed by atoms with van der Waals surface area (Å²) in [5, 5.41) is 8.80. The van der Waals surface area contributed by atoms with Crippen molar-refractivity contribution in [2.24, 2.45) is 0 Å². The zero-order valence-electron chi connectivity index (χ0n) is 12.2. The minimum Gasteiger partial charge on any atom is -0.333 e. The van der Waals surface area contributed by atoms with Crippen molar-refractivity contribution in [3.63, 3.8) is 0 Å². The summed E-state index contributed by atoms with van der Waals surface area (Å²) in [5.74, 6) is -0.0116. The number of carbonyl (C=O) groups excluding carboxylic acids is 1. The SMILES string of the molecule is C/C=C/C=C/C(=O)N(CC)C(C)c1ccc(C#N)cc1. The van der Waals surface area contributed by atoms with Crippen LogP contribution in [0.4, 0.5) is 0 Å². The van der Waals surface area contributed by atoms with Crippen LogP contribution in [0.15, 0.2) is 48.6 Å². The van der Waals surface area contributed by atoms with Crippen LogP contribution in [0.3, 0.4) is 0 Å². The minimum absolute atomic E-state index is 0.0116. The molecule has 0 aliphatic rings. The van der Waals surface area contributed by atoms with Crippen LogP contribution >= 0.6 is 0 Å². The number of allylic oxidation sites excluding steroid dienone is 3. The van der Waals surface area contributed by atoms with Crippen LogP contribution in [0.5, 0.6) is 0 Å². The lowest BCUT2D eigenvalue weighted by molar-refractivity contribution is -0.127. The molecule has 0 radical (unpaired) electrons. The van der Waals surface area contributed by atoms with E-state index in [2.05, 4.69) is 6.07 Å². The van der Waals surface area contributed by atoms with Gasteiger partial charge in [0.2, 0.25) is 5.91 Å². The standard InChI is InChI=1S/C17H20N2O/c1-4-6-7-8-17(20)19(5-2)14(3)16-11-9-15(13-18)10-12-16/h4,6-12,14H,5H2,1-3H3/b6-4+,8-7+. The molecule has 0 fully saturated rings. The van der Waals surface area contributed by atoms with Crippen LogP contribution in [-0.4, -0.2) is 17.4 Å². The molecule has 20 heavy (non-hydrogen) atoms. The van der Waals surface area contributed by atoms with E-state index in [0.717, 1.165) is 5.56 Å². The van der Waals surface area contributed by atoms with Gasteiger partial charge in [0, 0.05) is 12.6 Å². The molecule has 0 spiro atoms. The second-order valence-electron chi connectivity index (χ2n) is 4.42. The first-order valence-electron chi connectivity index (χ1n) is 6.74. The van der Waals surface area contributed by atoms with E-state index in [1.165, 1.54) is 0 Å². The maximum absolute atomic E-state index is 12.1. The van der Waals surface area contributed by atoms with Gasteiger partial charge < -0.3 is 4.90 Å². The first kappa shape index (κ1) is 15.7. The van der Waals surface area contributed by atoms with Crippen molar-refractivity contribution in [2.45, 2.75) is 26.8 Å². The van der Waals surface area contributed by atoms with Crippen LogP contribution in [0.25, 0.3) is 0 Å². The molecule has 0 aliphatic carbocycles. The molecule has 3 heteroatoms. The molecule has 0 heterocycles. The molecule has 0 saturated heterocycles. The molecular weight excluding hydrogens is 248 g/mol. The highest BCUT2D eigenvalue weighted by Crippen LogP contribution is 2.20. The third-order valence-corrected chi connectivity index (χ3v) is 3.16. The molecule has 1 unspecified atom stereocenters. The van der Waals surface area contributed by atoms with Crippen LogP contribution < -0.4 is 0 Å². The number of rotatable bonds is 5. The minimum atomic E-state index is -0.0181. The van der Waals surface area contributed by atoms with Crippen molar-refractivity contribution in [2.75, 3.05) is 6.54 Å². The van der Waals surface area contributed by atoms with Crippen LogP contribution in [0.1, 0.15) is 37.9 Å². The van der Waals surface area contributed by atoms with Gasteiger partial charge >= 0.3 is 0 Å². The monoisotopic (exact) mass is 268 g/mol. The first-order valence-corrected chi connectivity index (χ1v) is 6.74. The molecule has 1 aromatic rings. The average Bonchev–Trinajstić information content (AvgIpc) is 2.48. The normalized spacial score (nSPS) is 12.5. The van der Waals surface area contributed by atoms with E-state index in [4.69, 9.17) is 5.26 Å². The number of likely N-dealkylation sites (N-methyl/N-ethyl adjacent to an activating group) is 1. The summed E-state index contributed by atoms with van der Waals surface area (Å²) in [4.78, 5) is 13.9. The van der Waals surface area contributed by atoms with Crippen LogP contribution in [0.2, 0.25) is 0 Å². The van der Waals surface area contributed by atoms with Gasteiger partial charge in [-0.1, -0.05) is 30.4 Å². The van der Waals surface area contributed by atoms with Gasteiger partial charge in [0.05, 0.1) is 17.7 Å². The fourth-order valence-electron chi connectivity index (χ4n) is 1.98. The predicted octanol–water partition coefficient (Wildman–Crippen LogP) is 3.60. The van der Waals surface area contributed by atoms with E-state index < -0.39 is 0 Å². The van der Waals surface area contributed by atoms with E-state index in [1.807, 2.05) is 45.1 Å². The number of nitriles is 1. The smallest absolute Gasteiger partial charge is 0.247 e. The number of nitrogens with zero attached hydrogens (tertiary/aromatic N) is 2. The summed E-state index contributed by atoms with van der Waals surface area (Å²) in [5.41, 5.74) is 1.65. The van der Waals surface area contributed by atoms with Crippen molar-refractivity contribution in [1.29, 1.82) is 5.26 Å². The summed E-state index contributed by atoms with van der Waals surface area (Å²) >= 11 is 0. The molecule has 104 valence electrons. The first-order chi connectivity index (χ1) is 9.63. The second kappa shape index (κ2) is 7.96. The van der Waals surface area contributed by atoms with E-state index in [1.54, 1.807) is 29.2 Å². The van der Waals surface area contributed by atoms with Gasteiger partial charge in [-0.2, -0.15) is 5.26 Å². The fourth-order valence-corrected chi connectivity index (χ4v) is 1.98. The highest BCUT2D eigenvalue weighted by Gasteiger charge is 2.17. The third-order valence-electron chi connectivity index (χ3n) is 3.16. The maximum atomic E-state index is 12.1. The van der Waals surface area contributed by atoms with Crippen molar-refractivity contribution in [1.82, 2.24) is 4.90 Å². The highest BCUT2D eigenvalue weighted by atomic mass is 16.2. The molecule has 0 aromatic heterocycles. The largest absolute Gasteiger partial charge is 0.333 e. The Labute approximate surface area is 120 Å². The van der Waals surface area contributed by atoms with Crippen molar-refractivity contribution < 1.29 is 4.79 Å². The number of amides is 1. The Bertz CT molecular complexity index is 535. The molecule has 1 amide bonds. The lowest BCUT2D eigenvalue weighted by Crippen LogP contribution is -2.32. The third kappa shape index (κ3) is 4.10. The summed E-state index contributed by atoms with van der Waals surface area (Å²) in [7, 11) is 0. The van der Waals surface area contributed by atoms with Crippen molar-refractivity contribution in [3.05, 3.63) is 59.7 Å². The van der Waals surface area contributed by atoms with E-state index in [9.17, 15) is 4.79 Å². The molecule has 1 rings (SSSR count).